The minimum atomic E-state index is 0.116. The second kappa shape index (κ2) is 5.50. The first-order chi connectivity index (χ1) is 8.18. The molecule has 0 radical (unpaired) electrons. The molecule has 0 saturated carbocycles. The summed E-state index contributed by atoms with van der Waals surface area (Å²) >= 11 is 0. The van der Waals surface area contributed by atoms with E-state index in [-0.39, 0.29) is 5.91 Å². The van der Waals surface area contributed by atoms with E-state index in [0.29, 0.717) is 5.92 Å². The van der Waals surface area contributed by atoms with Crippen LogP contribution in [-0.2, 0) is 4.79 Å². The van der Waals surface area contributed by atoms with E-state index in [1.54, 1.807) is 19.0 Å². The van der Waals surface area contributed by atoms with E-state index in [1.165, 1.54) is 12.8 Å². The van der Waals surface area contributed by atoms with Gasteiger partial charge in [-0.25, -0.2) is 0 Å². The van der Waals surface area contributed by atoms with Gasteiger partial charge in [-0.15, -0.1) is 0 Å². The van der Waals surface area contributed by atoms with Gasteiger partial charge in [-0.1, -0.05) is 18.2 Å². The van der Waals surface area contributed by atoms with Crippen LogP contribution in [0.1, 0.15) is 19.3 Å². The molecule has 1 saturated heterocycles. The Morgan fingerprint density at radius 2 is 2.06 bits per heavy atom. The maximum Gasteiger partial charge on any atom is 0.252 e. The van der Waals surface area contributed by atoms with Crippen molar-refractivity contribution in [2.24, 2.45) is 11.8 Å². The fourth-order valence-electron chi connectivity index (χ4n) is 2.68. The smallest absolute Gasteiger partial charge is 0.252 e. The monoisotopic (exact) mass is 234 g/mol. The fourth-order valence-corrected chi connectivity index (χ4v) is 2.68. The molecule has 17 heavy (non-hydrogen) atoms. The fraction of sp³-hybridized carbons (Fsp3) is 0.643. The molecule has 0 spiro atoms. The number of amides is 1. The predicted octanol–water partition coefficient (Wildman–Crippen LogP) is 1.58. The Hall–Kier alpha value is -1.09. The highest BCUT2D eigenvalue weighted by Gasteiger charge is 2.23. The van der Waals surface area contributed by atoms with Gasteiger partial charge in [-0.3, -0.25) is 4.79 Å². The molecule has 1 heterocycles. The van der Waals surface area contributed by atoms with Crippen molar-refractivity contribution in [1.82, 2.24) is 10.2 Å². The van der Waals surface area contributed by atoms with Crippen molar-refractivity contribution in [3.05, 3.63) is 23.8 Å². The van der Waals surface area contributed by atoms with Crippen LogP contribution in [0.5, 0.6) is 0 Å². The van der Waals surface area contributed by atoms with Gasteiger partial charge < -0.3 is 10.2 Å². The maximum absolute atomic E-state index is 11.8. The van der Waals surface area contributed by atoms with Crippen LogP contribution in [-0.4, -0.2) is 38.0 Å². The lowest BCUT2D eigenvalue weighted by Crippen LogP contribution is -2.31. The Balaban J connectivity index is 1.93. The van der Waals surface area contributed by atoms with Crippen molar-refractivity contribution in [3.8, 4) is 0 Å². The average molecular weight is 234 g/mol. The molecule has 1 fully saturated rings. The minimum Gasteiger partial charge on any atom is -0.345 e. The molecule has 1 aliphatic heterocycles. The first kappa shape index (κ1) is 12.4. The molecule has 3 heteroatoms. The molecular formula is C14H22N2O. The third kappa shape index (κ3) is 2.97. The summed E-state index contributed by atoms with van der Waals surface area (Å²) in [6.45, 7) is 2.28. The molecule has 1 unspecified atom stereocenters. The molecule has 3 nitrogen and oxygen atoms in total. The van der Waals surface area contributed by atoms with Crippen LogP contribution in [0, 0.1) is 11.8 Å². The van der Waals surface area contributed by atoms with E-state index in [1.807, 2.05) is 6.08 Å². The third-order valence-electron chi connectivity index (χ3n) is 3.78. The molecule has 1 amide bonds. The van der Waals surface area contributed by atoms with Crippen LogP contribution in [0.4, 0.5) is 0 Å². The normalized spacial score (nSPS) is 25.5. The van der Waals surface area contributed by atoms with Gasteiger partial charge in [-0.2, -0.15) is 0 Å². The lowest BCUT2D eigenvalue weighted by atomic mass is 9.80. The predicted molar refractivity (Wildman–Crippen MR) is 69.6 cm³/mol. The average Bonchev–Trinajstić information content (AvgIpc) is 2.39. The quantitative estimate of drug-likeness (QED) is 0.786. The molecule has 0 aromatic carbocycles. The highest BCUT2D eigenvalue weighted by molar-refractivity contribution is 5.96. The van der Waals surface area contributed by atoms with Crippen molar-refractivity contribution in [2.75, 3.05) is 27.2 Å². The lowest BCUT2D eigenvalue weighted by molar-refractivity contribution is -0.124. The van der Waals surface area contributed by atoms with Gasteiger partial charge in [0.1, 0.15) is 0 Å². The van der Waals surface area contributed by atoms with Gasteiger partial charge in [0.15, 0.2) is 0 Å². The highest BCUT2D eigenvalue weighted by Crippen LogP contribution is 2.29. The molecule has 1 N–H and O–H groups in total. The molecule has 2 rings (SSSR count). The molecule has 0 aromatic heterocycles. The number of nitrogens with one attached hydrogen (secondary N) is 1. The number of nitrogens with zero attached hydrogens (tertiary/aromatic N) is 1. The number of hydrogen-bond acceptors (Lipinski definition) is 2. The number of likely N-dealkylation sites (N-methyl/N-ethyl adjacent to an activating group) is 1. The topological polar surface area (TPSA) is 32.3 Å². The van der Waals surface area contributed by atoms with Crippen LogP contribution >= 0.6 is 0 Å². The summed E-state index contributed by atoms with van der Waals surface area (Å²) in [7, 11) is 3.60. The van der Waals surface area contributed by atoms with Gasteiger partial charge >= 0.3 is 0 Å². The third-order valence-corrected chi connectivity index (χ3v) is 3.78. The molecule has 1 aliphatic carbocycles. The summed E-state index contributed by atoms with van der Waals surface area (Å²) in [5.41, 5.74) is 0.847. The van der Waals surface area contributed by atoms with E-state index >= 15 is 0 Å². The molecule has 1 atom stereocenters. The Kier molecular flexibility index (Phi) is 4.00. The molecule has 94 valence electrons. The number of carbonyl (C=O) groups is 1. The van der Waals surface area contributed by atoms with Gasteiger partial charge in [0.05, 0.1) is 0 Å². The SMILES string of the molecule is CN(C)C(=O)C1=CCC(C2CCNCC2)C=C1. The number of carbonyl (C=O) groups excluding carboxylic acids is 1. The zero-order valence-electron chi connectivity index (χ0n) is 10.8. The molecule has 2 aliphatic rings. The van der Waals surface area contributed by atoms with Crippen LogP contribution in [0.3, 0.4) is 0 Å². The summed E-state index contributed by atoms with van der Waals surface area (Å²) in [5, 5.41) is 3.40. The van der Waals surface area contributed by atoms with E-state index in [9.17, 15) is 4.79 Å². The van der Waals surface area contributed by atoms with Crippen LogP contribution in [0.2, 0.25) is 0 Å². The van der Waals surface area contributed by atoms with Gasteiger partial charge in [0, 0.05) is 19.7 Å². The Bertz CT molecular complexity index is 338. The van der Waals surface area contributed by atoms with Crippen LogP contribution < -0.4 is 5.32 Å². The Morgan fingerprint density at radius 3 is 2.59 bits per heavy atom. The first-order valence-corrected chi connectivity index (χ1v) is 6.49. The summed E-state index contributed by atoms with van der Waals surface area (Å²) in [6.07, 6.45) is 9.91. The number of piperidine rings is 1. The van der Waals surface area contributed by atoms with Crippen molar-refractivity contribution < 1.29 is 4.79 Å². The van der Waals surface area contributed by atoms with E-state index in [2.05, 4.69) is 17.5 Å². The summed E-state index contributed by atoms with van der Waals surface area (Å²) in [4.78, 5) is 13.4. The number of hydrogen-bond donors (Lipinski definition) is 1. The summed E-state index contributed by atoms with van der Waals surface area (Å²) < 4.78 is 0. The van der Waals surface area contributed by atoms with Crippen molar-refractivity contribution in [1.29, 1.82) is 0 Å². The van der Waals surface area contributed by atoms with E-state index in [0.717, 1.165) is 31.0 Å². The lowest BCUT2D eigenvalue weighted by Gasteiger charge is -2.30. The summed E-state index contributed by atoms with van der Waals surface area (Å²) in [6, 6.07) is 0. The van der Waals surface area contributed by atoms with E-state index in [4.69, 9.17) is 0 Å². The number of rotatable bonds is 2. The highest BCUT2D eigenvalue weighted by atomic mass is 16.2. The second-order valence-electron chi connectivity index (χ2n) is 5.21. The Labute approximate surface area is 104 Å². The zero-order chi connectivity index (χ0) is 12.3. The van der Waals surface area contributed by atoms with E-state index < -0.39 is 0 Å². The molecular weight excluding hydrogens is 212 g/mol. The zero-order valence-corrected chi connectivity index (χ0v) is 10.8. The Morgan fingerprint density at radius 1 is 1.35 bits per heavy atom. The first-order valence-electron chi connectivity index (χ1n) is 6.49. The molecule has 0 bridgehead atoms. The van der Waals surface area contributed by atoms with Gasteiger partial charge in [0.25, 0.3) is 5.91 Å². The van der Waals surface area contributed by atoms with Gasteiger partial charge in [0.2, 0.25) is 0 Å². The van der Waals surface area contributed by atoms with Crippen molar-refractivity contribution in [2.45, 2.75) is 19.3 Å². The second-order valence-corrected chi connectivity index (χ2v) is 5.21. The minimum absolute atomic E-state index is 0.116. The number of allylic oxidation sites excluding steroid dienone is 2. The van der Waals surface area contributed by atoms with Crippen LogP contribution in [0.15, 0.2) is 23.8 Å². The standard InChI is InChI=1S/C14H22N2O/c1-16(2)14(17)13-5-3-11(4-6-13)12-7-9-15-10-8-12/h3,5-6,11-12,15H,4,7-10H2,1-2H3. The van der Waals surface area contributed by atoms with Crippen molar-refractivity contribution in [3.63, 3.8) is 0 Å². The maximum atomic E-state index is 11.8. The van der Waals surface area contributed by atoms with Gasteiger partial charge in [-0.05, 0) is 44.2 Å². The molecule has 0 aromatic rings. The van der Waals surface area contributed by atoms with Crippen LogP contribution in [0.25, 0.3) is 0 Å². The summed E-state index contributed by atoms with van der Waals surface area (Å²) in [5.74, 6) is 1.54. The largest absolute Gasteiger partial charge is 0.345 e. The van der Waals surface area contributed by atoms with Crippen molar-refractivity contribution >= 4 is 5.91 Å².